The molecule has 0 saturated carbocycles. The van der Waals surface area contributed by atoms with Crippen molar-refractivity contribution in [2.75, 3.05) is 11.9 Å². The molecule has 1 aliphatic rings. The molecule has 3 N–H and O–H groups in total. The Morgan fingerprint density at radius 1 is 1.38 bits per heavy atom. The zero-order valence-corrected chi connectivity index (χ0v) is 16.5. The number of thiazole rings is 1. The minimum Gasteiger partial charge on any atom is -0.369 e. The number of amides is 1. The number of nitrogens with one attached hydrogen (secondary N) is 1. The SMILES string of the molecule is Cn1ncc(NC(=O)c2csc(-c3cnccn3)n2)c1[C@@H]1CC[C@@H](N)[C@H](F)CO1. The number of aromatic nitrogens is 5. The Morgan fingerprint density at radius 2 is 2.24 bits per heavy atom. The summed E-state index contributed by atoms with van der Waals surface area (Å²) >= 11 is 1.31. The minimum atomic E-state index is -1.21. The van der Waals surface area contributed by atoms with Gasteiger partial charge in [-0.25, -0.2) is 9.37 Å². The quantitative estimate of drug-likeness (QED) is 0.667. The highest BCUT2D eigenvalue weighted by Gasteiger charge is 2.30. The largest absolute Gasteiger partial charge is 0.369 e. The zero-order valence-electron chi connectivity index (χ0n) is 15.7. The minimum absolute atomic E-state index is 0.0854. The second kappa shape index (κ2) is 8.31. The van der Waals surface area contributed by atoms with Crippen molar-refractivity contribution < 1.29 is 13.9 Å². The van der Waals surface area contributed by atoms with Crippen LogP contribution in [0.5, 0.6) is 0 Å². The maximum absolute atomic E-state index is 13.9. The van der Waals surface area contributed by atoms with E-state index in [-0.39, 0.29) is 18.2 Å². The molecule has 3 aromatic heterocycles. The maximum atomic E-state index is 13.9. The van der Waals surface area contributed by atoms with Crippen molar-refractivity contribution in [1.29, 1.82) is 0 Å². The number of carbonyl (C=O) groups excluding carboxylic acids is 1. The fourth-order valence-electron chi connectivity index (χ4n) is 3.17. The summed E-state index contributed by atoms with van der Waals surface area (Å²) in [4.78, 5) is 25.3. The second-order valence-electron chi connectivity index (χ2n) is 6.73. The van der Waals surface area contributed by atoms with Gasteiger partial charge in [0.1, 0.15) is 28.7 Å². The fraction of sp³-hybridized carbons (Fsp3) is 0.389. The van der Waals surface area contributed by atoms with E-state index >= 15 is 0 Å². The van der Waals surface area contributed by atoms with Gasteiger partial charge in [0, 0.05) is 30.9 Å². The molecule has 152 valence electrons. The van der Waals surface area contributed by atoms with Crippen LogP contribution in [0.25, 0.3) is 10.7 Å². The number of rotatable bonds is 4. The number of anilines is 1. The van der Waals surface area contributed by atoms with E-state index in [2.05, 4.69) is 25.4 Å². The third-order valence-corrected chi connectivity index (χ3v) is 5.61. The molecule has 9 nitrogen and oxygen atoms in total. The highest BCUT2D eigenvalue weighted by molar-refractivity contribution is 7.13. The molecule has 1 amide bonds. The number of hydrogen-bond donors (Lipinski definition) is 2. The van der Waals surface area contributed by atoms with Gasteiger partial charge >= 0.3 is 0 Å². The van der Waals surface area contributed by atoms with Gasteiger partial charge in [-0.1, -0.05) is 0 Å². The number of nitrogens with zero attached hydrogens (tertiary/aromatic N) is 5. The van der Waals surface area contributed by atoms with Gasteiger partial charge in [0.05, 0.1) is 30.4 Å². The number of aryl methyl sites for hydroxylation is 1. The summed E-state index contributed by atoms with van der Waals surface area (Å²) in [5, 5.41) is 9.31. The van der Waals surface area contributed by atoms with E-state index in [4.69, 9.17) is 10.5 Å². The van der Waals surface area contributed by atoms with Crippen LogP contribution in [0.1, 0.15) is 35.1 Å². The van der Waals surface area contributed by atoms with E-state index < -0.39 is 18.3 Å². The average Bonchev–Trinajstić information content (AvgIpc) is 3.32. The zero-order chi connectivity index (χ0) is 20.4. The van der Waals surface area contributed by atoms with E-state index in [9.17, 15) is 9.18 Å². The van der Waals surface area contributed by atoms with Crippen LogP contribution in [0.3, 0.4) is 0 Å². The first-order chi connectivity index (χ1) is 14.0. The first-order valence-corrected chi connectivity index (χ1v) is 9.97. The van der Waals surface area contributed by atoms with Crippen LogP contribution < -0.4 is 11.1 Å². The molecule has 3 aromatic rings. The molecule has 29 heavy (non-hydrogen) atoms. The van der Waals surface area contributed by atoms with Gasteiger partial charge < -0.3 is 15.8 Å². The van der Waals surface area contributed by atoms with E-state index in [1.54, 1.807) is 41.9 Å². The van der Waals surface area contributed by atoms with Crippen molar-refractivity contribution in [1.82, 2.24) is 24.7 Å². The third-order valence-electron chi connectivity index (χ3n) is 4.74. The van der Waals surface area contributed by atoms with Crippen LogP contribution >= 0.6 is 11.3 Å². The van der Waals surface area contributed by atoms with Crippen LogP contribution in [0.15, 0.2) is 30.2 Å². The Morgan fingerprint density at radius 3 is 3.03 bits per heavy atom. The third kappa shape index (κ3) is 4.16. The van der Waals surface area contributed by atoms with Crippen LogP contribution in [-0.4, -0.2) is 49.5 Å². The first-order valence-electron chi connectivity index (χ1n) is 9.09. The van der Waals surface area contributed by atoms with E-state index in [0.29, 0.717) is 34.9 Å². The molecule has 0 aromatic carbocycles. The van der Waals surface area contributed by atoms with Crippen molar-refractivity contribution in [3.8, 4) is 10.7 Å². The Kier molecular flexibility index (Phi) is 5.60. The van der Waals surface area contributed by atoms with Gasteiger partial charge in [-0.05, 0) is 12.8 Å². The van der Waals surface area contributed by atoms with Crippen LogP contribution in [0.4, 0.5) is 10.1 Å². The number of ether oxygens (including phenoxy) is 1. The molecular formula is C18H20FN7O2S. The smallest absolute Gasteiger partial charge is 0.275 e. The fourth-order valence-corrected chi connectivity index (χ4v) is 3.93. The number of halogens is 1. The monoisotopic (exact) mass is 417 g/mol. The molecule has 1 aliphatic heterocycles. The highest BCUT2D eigenvalue weighted by atomic mass is 32.1. The van der Waals surface area contributed by atoms with Gasteiger partial charge in [-0.3, -0.25) is 19.4 Å². The Hall–Kier alpha value is -2.76. The number of carbonyl (C=O) groups is 1. The molecular weight excluding hydrogens is 397 g/mol. The van der Waals surface area contributed by atoms with Gasteiger partial charge in [0.25, 0.3) is 5.91 Å². The maximum Gasteiger partial charge on any atom is 0.275 e. The summed E-state index contributed by atoms with van der Waals surface area (Å²) in [6.07, 6.45) is 5.68. The summed E-state index contributed by atoms with van der Waals surface area (Å²) in [5.74, 6) is -0.376. The number of hydrogen-bond acceptors (Lipinski definition) is 8. The van der Waals surface area contributed by atoms with Gasteiger partial charge in [-0.2, -0.15) is 5.10 Å². The number of nitrogens with two attached hydrogens (primary N) is 1. The molecule has 4 rings (SSSR count). The summed E-state index contributed by atoms with van der Waals surface area (Å²) in [6, 6.07) is -0.555. The first kappa shape index (κ1) is 19.6. The topological polar surface area (TPSA) is 121 Å². The lowest BCUT2D eigenvalue weighted by Gasteiger charge is -2.17. The number of alkyl halides is 1. The van der Waals surface area contributed by atoms with Crippen molar-refractivity contribution in [3.63, 3.8) is 0 Å². The molecule has 0 bridgehead atoms. The lowest BCUT2D eigenvalue weighted by Crippen LogP contribution is -2.32. The summed E-state index contributed by atoms with van der Waals surface area (Å²) < 4.78 is 21.2. The molecule has 1 saturated heterocycles. The van der Waals surface area contributed by atoms with E-state index in [1.165, 1.54) is 11.3 Å². The second-order valence-corrected chi connectivity index (χ2v) is 7.59. The standard InChI is InChI=1S/C18H20FN7O2S/c1-26-16(15-3-2-11(20)10(19)8-28-15)12(7-23-26)24-17(27)14-9-29-18(25-14)13-6-21-4-5-22-13/h4-7,9-11,15H,2-3,8,20H2,1H3,(H,24,27)/t10-,11-,15+/m1/s1. The molecule has 3 atom stereocenters. The summed E-state index contributed by atoms with van der Waals surface area (Å²) in [5.41, 5.74) is 7.85. The molecule has 0 radical (unpaired) electrons. The van der Waals surface area contributed by atoms with Crippen molar-refractivity contribution in [2.24, 2.45) is 12.8 Å². The Labute approximate surface area is 170 Å². The van der Waals surface area contributed by atoms with Crippen LogP contribution in [0, 0.1) is 0 Å². The molecule has 4 heterocycles. The molecule has 0 spiro atoms. The molecule has 0 aliphatic carbocycles. The van der Waals surface area contributed by atoms with Crippen molar-refractivity contribution >= 4 is 22.9 Å². The van der Waals surface area contributed by atoms with Gasteiger partial charge in [-0.15, -0.1) is 11.3 Å². The van der Waals surface area contributed by atoms with Gasteiger partial charge in [0.15, 0.2) is 0 Å². The lowest BCUT2D eigenvalue weighted by molar-refractivity contribution is 0.0247. The highest BCUT2D eigenvalue weighted by Crippen LogP contribution is 2.32. The van der Waals surface area contributed by atoms with Gasteiger partial charge in [0.2, 0.25) is 0 Å². The lowest BCUT2D eigenvalue weighted by atomic mass is 10.0. The van der Waals surface area contributed by atoms with Crippen LogP contribution in [-0.2, 0) is 11.8 Å². The predicted molar refractivity (Wildman–Crippen MR) is 105 cm³/mol. The van der Waals surface area contributed by atoms with Crippen molar-refractivity contribution in [3.05, 3.63) is 41.6 Å². The van der Waals surface area contributed by atoms with E-state index in [1.807, 2.05) is 0 Å². The van der Waals surface area contributed by atoms with Crippen LogP contribution in [0.2, 0.25) is 0 Å². The predicted octanol–water partition coefficient (Wildman–Crippen LogP) is 2.10. The molecule has 0 unspecified atom stereocenters. The molecule has 11 heteroatoms. The summed E-state index contributed by atoms with van der Waals surface area (Å²) in [7, 11) is 1.75. The normalized spacial score (nSPS) is 22.2. The average molecular weight is 417 g/mol. The molecule has 1 fully saturated rings. The van der Waals surface area contributed by atoms with E-state index in [0.717, 1.165) is 0 Å². The Bertz CT molecular complexity index is 981. The van der Waals surface area contributed by atoms with Crippen molar-refractivity contribution in [2.45, 2.75) is 31.2 Å². The summed E-state index contributed by atoms with van der Waals surface area (Å²) in [6.45, 7) is -0.0854. The Balaban J connectivity index is 1.52.